The van der Waals surface area contributed by atoms with Crippen LogP contribution in [0.4, 0.5) is 24.5 Å². The number of carbonyl (C=O) groups excluding carboxylic acids is 1. The fourth-order valence-corrected chi connectivity index (χ4v) is 5.64. The number of aromatic hydroxyl groups is 1. The van der Waals surface area contributed by atoms with Crippen LogP contribution in [0, 0.1) is 17.3 Å². The number of fused-ring (bicyclic) bond motifs is 1. The van der Waals surface area contributed by atoms with Gasteiger partial charge in [-0.3, -0.25) is 4.79 Å². The number of alkyl halides is 3. The monoisotopic (exact) mass is 597 g/mol. The molecule has 2 saturated heterocycles. The maximum atomic E-state index is 13.4. The Balaban J connectivity index is 0.000000454. The van der Waals surface area contributed by atoms with Gasteiger partial charge in [0.25, 0.3) is 5.91 Å². The third kappa shape index (κ3) is 7.56. The number of phenols is 1. The summed E-state index contributed by atoms with van der Waals surface area (Å²) in [7, 11) is 1.49. The van der Waals surface area contributed by atoms with Crippen LogP contribution in [0.15, 0.2) is 42.5 Å². The highest BCUT2D eigenvalue weighted by Crippen LogP contribution is 2.32. The highest BCUT2D eigenvalue weighted by atomic mass is 19.4. The molecule has 5 N–H and O–H groups in total. The zero-order valence-electron chi connectivity index (χ0n) is 24.2. The average Bonchev–Trinajstić information content (AvgIpc) is 3.27. The predicted octanol–water partition coefficient (Wildman–Crippen LogP) is 5.08. The van der Waals surface area contributed by atoms with Crippen molar-refractivity contribution in [3.8, 4) is 17.6 Å². The number of halogens is 3. The molecule has 230 valence electrons. The minimum Gasteiger partial charge on any atom is -0.506 e. The van der Waals surface area contributed by atoms with Gasteiger partial charge in [0.15, 0.2) is 0 Å². The Morgan fingerprint density at radius 2 is 1.88 bits per heavy atom. The Kier molecular flexibility index (Phi) is 9.37. The second-order valence-electron chi connectivity index (χ2n) is 11.5. The van der Waals surface area contributed by atoms with Gasteiger partial charge in [-0.2, -0.15) is 13.2 Å². The standard InChI is InChI=1S/C27H29F3N4O2.C5H9NO/c1-31-26(36)18-12-13-23(25(35)15-18)32-14-6-9-20-16-21-22(33-19-7-3-2-4-8-19)10-5-11-24(21)34(20)17-27(28,29)30;1-5(2-6-1)3-7-4-5/h5,10-13,15-16,19,32-33,35H,2-4,7-8,14,17H2,1H3,(H,31,36);6H,1-4H2. The molecule has 2 aromatic carbocycles. The minimum absolute atomic E-state index is 0.0909. The Morgan fingerprint density at radius 1 is 1.12 bits per heavy atom. The topological polar surface area (TPSA) is 99.6 Å². The molecule has 8 nitrogen and oxygen atoms in total. The number of nitrogens with zero attached hydrogens (tertiary/aromatic N) is 1. The van der Waals surface area contributed by atoms with E-state index in [1.165, 1.54) is 37.2 Å². The molecular weight excluding hydrogens is 559 g/mol. The molecule has 1 amide bonds. The highest BCUT2D eigenvalue weighted by molar-refractivity contribution is 5.95. The van der Waals surface area contributed by atoms with Gasteiger partial charge in [-0.25, -0.2) is 0 Å². The summed E-state index contributed by atoms with van der Waals surface area (Å²) in [5.41, 5.74) is 2.85. The van der Waals surface area contributed by atoms with Gasteiger partial charge in [0.2, 0.25) is 0 Å². The number of carbonyl (C=O) groups is 1. The molecular formula is C32H38F3N5O3. The van der Waals surface area contributed by atoms with Crippen molar-refractivity contribution in [3.63, 3.8) is 0 Å². The second-order valence-corrected chi connectivity index (χ2v) is 11.5. The van der Waals surface area contributed by atoms with Gasteiger partial charge < -0.3 is 35.7 Å². The van der Waals surface area contributed by atoms with Gasteiger partial charge in [-0.1, -0.05) is 31.2 Å². The van der Waals surface area contributed by atoms with Crippen LogP contribution in [0.5, 0.6) is 5.75 Å². The number of hydrogen-bond donors (Lipinski definition) is 5. The van der Waals surface area contributed by atoms with Crippen LogP contribution >= 0.6 is 0 Å². The number of amides is 1. The smallest absolute Gasteiger partial charge is 0.406 e. The van der Waals surface area contributed by atoms with Crippen LogP contribution in [0.1, 0.15) is 48.2 Å². The molecule has 0 unspecified atom stereocenters. The number of rotatable bonds is 6. The van der Waals surface area contributed by atoms with Crippen molar-refractivity contribution in [3.05, 3.63) is 53.7 Å². The number of hydrogen-bond acceptors (Lipinski definition) is 6. The fourth-order valence-electron chi connectivity index (χ4n) is 5.64. The summed E-state index contributed by atoms with van der Waals surface area (Å²) >= 11 is 0. The van der Waals surface area contributed by atoms with Crippen LogP contribution in [0.3, 0.4) is 0 Å². The third-order valence-electron chi connectivity index (χ3n) is 8.14. The lowest BCUT2D eigenvalue weighted by atomic mass is 9.80. The zero-order valence-corrected chi connectivity index (χ0v) is 24.2. The van der Waals surface area contributed by atoms with Gasteiger partial charge in [0, 0.05) is 48.2 Å². The molecule has 3 fully saturated rings. The number of nitrogens with one attached hydrogen (secondary N) is 4. The molecule has 2 aliphatic heterocycles. The molecule has 3 aromatic rings. The molecule has 1 aromatic heterocycles. The first-order chi connectivity index (χ1) is 20.7. The molecule has 1 aliphatic carbocycles. The number of aromatic nitrogens is 1. The summed E-state index contributed by atoms with van der Waals surface area (Å²) in [5, 5.41) is 23.0. The first-order valence-electron chi connectivity index (χ1n) is 14.7. The molecule has 0 bridgehead atoms. The minimum atomic E-state index is -4.40. The van der Waals surface area contributed by atoms with E-state index in [2.05, 4.69) is 33.1 Å². The largest absolute Gasteiger partial charge is 0.506 e. The van der Waals surface area contributed by atoms with E-state index in [9.17, 15) is 23.1 Å². The summed E-state index contributed by atoms with van der Waals surface area (Å²) < 4.78 is 46.5. The van der Waals surface area contributed by atoms with Gasteiger partial charge in [-0.05, 0) is 55.2 Å². The van der Waals surface area contributed by atoms with Gasteiger partial charge in [0.05, 0.1) is 36.7 Å². The molecule has 11 heteroatoms. The Morgan fingerprint density at radius 3 is 2.47 bits per heavy atom. The summed E-state index contributed by atoms with van der Waals surface area (Å²) in [4.78, 5) is 11.7. The van der Waals surface area contributed by atoms with E-state index in [-0.39, 0.29) is 23.9 Å². The lowest BCUT2D eigenvalue weighted by Gasteiger charge is -2.48. The van der Waals surface area contributed by atoms with E-state index in [4.69, 9.17) is 4.74 Å². The Bertz CT molecular complexity index is 1480. The van der Waals surface area contributed by atoms with Crippen molar-refractivity contribution in [1.29, 1.82) is 0 Å². The van der Waals surface area contributed by atoms with E-state index in [1.54, 1.807) is 30.3 Å². The van der Waals surface area contributed by atoms with Crippen LogP contribution in [0.25, 0.3) is 10.9 Å². The van der Waals surface area contributed by atoms with Crippen molar-refractivity contribution in [1.82, 2.24) is 15.2 Å². The maximum absolute atomic E-state index is 13.4. The van der Waals surface area contributed by atoms with E-state index in [0.717, 1.165) is 44.6 Å². The van der Waals surface area contributed by atoms with E-state index in [1.807, 2.05) is 6.07 Å². The molecule has 3 aliphatic rings. The van der Waals surface area contributed by atoms with Crippen LogP contribution in [-0.2, 0) is 11.3 Å². The first kappa shape index (κ1) is 30.6. The summed E-state index contributed by atoms with van der Waals surface area (Å²) in [6.07, 6.45) is 1.22. The van der Waals surface area contributed by atoms with Gasteiger partial charge in [-0.15, -0.1) is 0 Å². The van der Waals surface area contributed by atoms with Crippen molar-refractivity contribution in [2.24, 2.45) is 5.41 Å². The molecule has 1 spiro atoms. The third-order valence-corrected chi connectivity index (χ3v) is 8.14. The highest BCUT2D eigenvalue weighted by Gasteiger charge is 2.43. The molecule has 43 heavy (non-hydrogen) atoms. The van der Waals surface area contributed by atoms with Crippen LogP contribution in [0.2, 0.25) is 0 Å². The molecule has 3 heterocycles. The summed E-state index contributed by atoms with van der Waals surface area (Å²) in [6, 6.07) is 11.8. The van der Waals surface area contributed by atoms with Gasteiger partial charge >= 0.3 is 6.18 Å². The normalized spacial score (nSPS) is 17.5. The van der Waals surface area contributed by atoms with Crippen molar-refractivity contribution < 1.29 is 27.8 Å². The number of phenolic OH excluding ortho intramolecular Hbond substituents is 1. The second kappa shape index (κ2) is 13.2. The van der Waals surface area contributed by atoms with Crippen LogP contribution < -0.4 is 21.3 Å². The summed E-state index contributed by atoms with van der Waals surface area (Å²) in [5.74, 6) is 5.27. The van der Waals surface area contributed by atoms with Crippen LogP contribution in [-0.4, -0.2) is 67.7 Å². The van der Waals surface area contributed by atoms with Crippen molar-refractivity contribution >= 4 is 28.2 Å². The van der Waals surface area contributed by atoms with Crippen molar-refractivity contribution in [2.45, 2.75) is 50.9 Å². The summed E-state index contributed by atoms with van der Waals surface area (Å²) in [6.45, 7) is 3.33. The number of benzene rings is 2. The number of ether oxygens (including phenoxy) is 1. The Hall–Kier alpha value is -3.88. The van der Waals surface area contributed by atoms with E-state index >= 15 is 0 Å². The molecule has 6 rings (SSSR count). The van der Waals surface area contributed by atoms with Gasteiger partial charge in [0.1, 0.15) is 12.3 Å². The molecule has 0 radical (unpaired) electrons. The maximum Gasteiger partial charge on any atom is 0.406 e. The zero-order chi connectivity index (χ0) is 30.5. The Labute approximate surface area is 249 Å². The van der Waals surface area contributed by atoms with Crippen molar-refractivity contribution in [2.75, 3.05) is 50.5 Å². The quantitative estimate of drug-likeness (QED) is 0.201. The lowest BCUT2D eigenvalue weighted by Crippen LogP contribution is -2.64. The van der Waals surface area contributed by atoms with E-state index in [0.29, 0.717) is 33.6 Å². The predicted molar refractivity (Wildman–Crippen MR) is 161 cm³/mol. The SMILES string of the molecule is C1NCC12COC2.CNC(=O)c1ccc(NCC#Cc2cc3c(NC4CCCCC4)cccc3n2CC(F)(F)F)c(O)c1. The van der Waals surface area contributed by atoms with E-state index < -0.39 is 12.7 Å². The number of anilines is 2. The average molecular weight is 598 g/mol. The fraction of sp³-hybridized carbons (Fsp3) is 0.469. The first-order valence-corrected chi connectivity index (χ1v) is 14.7. The molecule has 1 saturated carbocycles. The molecule has 0 atom stereocenters. The lowest BCUT2D eigenvalue weighted by molar-refractivity contribution is -0.140.